The molecule has 2 aromatic rings. The predicted molar refractivity (Wildman–Crippen MR) is 121 cm³/mol. The van der Waals surface area contributed by atoms with Crippen molar-refractivity contribution < 1.29 is 14.3 Å². The van der Waals surface area contributed by atoms with Crippen molar-refractivity contribution in [3.05, 3.63) is 59.7 Å². The fourth-order valence-corrected chi connectivity index (χ4v) is 4.38. The number of likely N-dealkylation sites (tertiary alicyclic amines) is 1. The van der Waals surface area contributed by atoms with Crippen LogP contribution in [0.15, 0.2) is 48.5 Å². The molecule has 2 aliphatic rings. The summed E-state index contributed by atoms with van der Waals surface area (Å²) in [6, 6.07) is 16.2. The molecule has 0 spiro atoms. The largest absolute Gasteiger partial charge is 0.491 e. The summed E-state index contributed by atoms with van der Waals surface area (Å²) in [7, 11) is 0. The first-order chi connectivity index (χ1) is 15.1. The van der Waals surface area contributed by atoms with E-state index in [1.807, 2.05) is 30.3 Å². The molecule has 0 bridgehead atoms. The van der Waals surface area contributed by atoms with Gasteiger partial charge in [-0.05, 0) is 49.6 Å². The third-order valence-electron chi connectivity index (χ3n) is 6.24. The third kappa shape index (κ3) is 5.25. The zero-order valence-corrected chi connectivity index (χ0v) is 18.2. The lowest BCUT2D eigenvalue weighted by Crippen LogP contribution is -2.40. The number of hydrogen-bond acceptors (Lipinski definition) is 4. The monoisotopic (exact) mass is 421 g/mol. The second-order valence-electron chi connectivity index (χ2n) is 8.41. The molecule has 0 saturated carbocycles. The van der Waals surface area contributed by atoms with Crippen LogP contribution < -0.4 is 15.0 Å². The Morgan fingerprint density at radius 1 is 1.10 bits per heavy atom. The van der Waals surface area contributed by atoms with E-state index in [9.17, 15) is 9.59 Å². The molecule has 1 unspecified atom stereocenters. The van der Waals surface area contributed by atoms with Gasteiger partial charge in [-0.2, -0.15) is 0 Å². The highest BCUT2D eigenvalue weighted by atomic mass is 16.5. The van der Waals surface area contributed by atoms with E-state index in [1.165, 1.54) is 29.7 Å². The molecule has 2 amide bonds. The topological polar surface area (TPSA) is 61.9 Å². The van der Waals surface area contributed by atoms with Crippen LogP contribution in [0.25, 0.3) is 0 Å². The molecular formula is C25H31N3O3. The average molecular weight is 422 g/mol. The first-order valence-corrected chi connectivity index (χ1v) is 11.2. The summed E-state index contributed by atoms with van der Waals surface area (Å²) in [6.07, 6.45) is 4.06. The number of nitrogens with zero attached hydrogens (tertiary/aromatic N) is 2. The zero-order chi connectivity index (χ0) is 21.6. The highest BCUT2D eigenvalue weighted by molar-refractivity contribution is 6.00. The van der Waals surface area contributed by atoms with Gasteiger partial charge in [-0.25, -0.2) is 0 Å². The van der Waals surface area contributed by atoms with Crippen LogP contribution in [0.5, 0.6) is 5.75 Å². The normalized spacial score (nSPS) is 19.3. The summed E-state index contributed by atoms with van der Waals surface area (Å²) in [5, 5.41) is 3.01. The summed E-state index contributed by atoms with van der Waals surface area (Å²) in [4.78, 5) is 29.4. The molecule has 1 N–H and O–H groups in total. The lowest BCUT2D eigenvalue weighted by atomic mass is 10.0. The second-order valence-corrected chi connectivity index (χ2v) is 8.41. The number of carbonyl (C=O) groups is 2. The Labute approximate surface area is 184 Å². The Balaban J connectivity index is 1.40. The van der Waals surface area contributed by atoms with Gasteiger partial charge in [0, 0.05) is 19.1 Å². The Kier molecular flexibility index (Phi) is 6.87. The van der Waals surface area contributed by atoms with Gasteiger partial charge in [-0.15, -0.1) is 0 Å². The molecule has 1 saturated heterocycles. The number of anilines is 1. The fourth-order valence-electron chi connectivity index (χ4n) is 4.38. The molecular weight excluding hydrogens is 390 g/mol. The van der Waals surface area contributed by atoms with E-state index in [0.717, 1.165) is 18.7 Å². The number of hydrogen-bond donors (Lipinski definition) is 1. The SMILES string of the molecule is CC1CCCCN1Cc1ccccc1CNC(=O)CN1C(=O)CCOc2ccccc21. The third-order valence-corrected chi connectivity index (χ3v) is 6.24. The molecule has 1 fully saturated rings. The number of benzene rings is 2. The molecule has 0 radical (unpaired) electrons. The molecule has 2 aromatic carbocycles. The lowest BCUT2D eigenvalue weighted by molar-refractivity contribution is -0.124. The van der Waals surface area contributed by atoms with Gasteiger partial charge in [0.15, 0.2) is 0 Å². The van der Waals surface area contributed by atoms with E-state index in [4.69, 9.17) is 4.74 Å². The van der Waals surface area contributed by atoms with Crippen molar-refractivity contribution in [3.63, 3.8) is 0 Å². The number of para-hydroxylation sites is 2. The van der Waals surface area contributed by atoms with Crippen LogP contribution in [0.2, 0.25) is 0 Å². The molecule has 0 aromatic heterocycles. The highest BCUT2D eigenvalue weighted by Gasteiger charge is 2.25. The first kappa shape index (κ1) is 21.4. The van der Waals surface area contributed by atoms with Gasteiger partial charge in [0.05, 0.1) is 18.7 Å². The van der Waals surface area contributed by atoms with Crippen molar-refractivity contribution in [2.24, 2.45) is 0 Å². The van der Waals surface area contributed by atoms with Crippen molar-refractivity contribution in [2.75, 3.05) is 24.6 Å². The maximum atomic E-state index is 12.7. The second kappa shape index (κ2) is 9.96. The maximum Gasteiger partial charge on any atom is 0.240 e. The first-order valence-electron chi connectivity index (χ1n) is 11.2. The predicted octanol–water partition coefficient (Wildman–Crippen LogP) is 3.49. The molecule has 6 nitrogen and oxygen atoms in total. The molecule has 1 atom stereocenters. The van der Waals surface area contributed by atoms with Gasteiger partial charge in [0.1, 0.15) is 12.3 Å². The zero-order valence-electron chi connectivity index (χ0n) is 18.2. The van der Waals surface area contributed by atoms with Crippen LogP contribution in [-0.4, -0.2) is 42.5 Å². The van der Waals surface area contributed by atoms with Crippen LogP contribution in [0, 0.1) is 0 Å². The van der Waals surface area contributed by atoms with Gasteiger partial charge in [0.25, 0.3) is 0 Å². The van der Waals surface area contributed by atoms with E-state index in [-0.39, 0.29) is 24.8 Å². The minimum Gasteiger partial charge on any atom is -0.491 e. The number of nitrogens with one attached hydrogen (secondary N) is 1. The lowest BCUT2D eigenvalue weighted by Gasteiger charge is -2.33. The van der Waals surface area contributed by atoms with Crippen LogP contribution in [0.4, 0.5) is 5.69 Å². The Morgan fingerprint density at radius 3 is 2.71 bits per heavy atom. The van der Waals surface area contributed by atoms with E-state index in [1.54, 1.807) is 0 Å². The van der Waals surface area contributed by atoms with Crippen LogP contribution >= 0.6 is 0 Å². The van der Waals surface area contributed by atoms with Crippen molar-refractivity contribution in [1.29, 1.82) is 0 Å². The van der Waals surface area contributed by atoms with Crippen molar-refractivity contribution in [2.45, 2.75) is 51.7 Å². The number of ether oxygens (including phenoxy) is 1. The minimum absolute atomic E-state index is 0.00939. The van der Waals surface area contributed by atoms with Crippen molar-refractivity contribution >= 4 is 17.5 Å². The summed E-state index contributed by atoms with van der Waals surface area (Å²) in [5.41, 5.74) is 3.03. The summed E-state index contributed by atoms with van der Waals surface area (Å²) in [6.45, 7) is 5.10. The number of rotatable bonds is 6. The highest BCUT2D eigenvalue weighted by Crippen LogP contribution is 2.30. The van der Waals surface area contributed by atoms with E-state index < -0.39 is 0 Å². The number of amides is 2. The van der Waals surface area contributed by atoms with Crippen LogP contribution in [-0.2, 0) is 22.7 Å². The van der Waals surface area contributed by atoms with E-state index in [0.29, 0.717) is 30.6 Å². The Bertz CT molecular complexity index is 930. The molecule has 0 aliphatic carbocycles. The smallest absolute Gasteiger partial charge is 0.240 e. The summed E-state index contributed by atoms with van der Waals surface area (Å²) in [5.74, 6) is 0.368. The van der Waals surface area contributed by atoms with Gasteiger partial charge in [0.2, 0.25) is 11.8 Å². The van der Waals surface area contributed by atoms with Gasteiger partial charge < -0.3 is 10.1 Å². The number of fused-ring (bicyclic) bond motifs is 1. The molecule has 2 aliphatic heterocycles. The van der Waals surface area contributed by atoms with Crippen molar-refractivity contribution in [3.8, 4) is 5.75 Å². The minimum atomic E-state index is -0.175. The van der Waals surface area contributed by atoms with Crippen molar-refractivity contribution in [1.82, 2.24) is 10.2 Å². The Hall–Kier alpha value is -2.86. The maximum absolute atomic E-state index is 12.7. The molecule has 164 valence electrons. The standard InChI is InChI=1S/C25H31N3O3/c1-19-8-6-7-14-27(19)17-21-10-3-2-9-20(21)16-26-24(29)18-28-22-11-4-5-12-23(22)31-15-13-25(28)30/h2-5,9-12,19H,6-8,13-18H2,1H3,(H,26,29). The van der Waals surface area contributed by atoms with E-state index >= 15 is 0 Å². The quantitative estimate of drug-likeness (QED) is 0.776. The van der Waals surface area contributed by atoms with Crippen LogP contribution in [0.3, 0.4) is 0 Å². The number of piperidine rings is 1. The molecule has 2 heterocycles. The van der Waals surface area contributed by atoms with Gasteiger partial charge >= 0.3 is 0 Å². The molecule has 6 heteroatoms. The number of carbonyl (C=O) groups excluding carboxylic acids is 2. The summed E-state index contributed by atoms with van der Waals surface area (Å²) < 4.78 is 5.66. The average Bonchev–Trinajstić information content (AvgIpc) is 2.93. The fraction of sp³-hybridized carbons (Fsp3) is 0.440. The molecule has 31 heavy (non-hydrogen) atoms. The summed E-state index contributed by atoms with van der Waals surface area (Å²) >= 11 is 0. The van der Waals surface area contributed by atoms with E-state index in [2.05, 4.69) is 35.3 Å². The van der Waals surface area contributed by atoms with Gasteiger partial charge in [-0.3, -0.25) is 19.4 Å². The van der Waals surface area contributed by atoms with Gasteiger partial charge in [-0.1, -0.05) is 42.8 Å². The Morgan fingerprint density at radius 2 is 1.87 bits per heavy atom. The van der Waals surface area contributed by atoms with Crippen LogP contribution in [0.1, 0.15) is 43.7 Å². The molecule has 4 rings (SSSR count).